The Balaban J connectivity index is 2.26. The molecule has 0 N–H and O–H groups in total. The minimum atomic E-state index is -4.19. The maximum atomic E-state index is 11.7. The average Bonchev–Trinajstić information content (AvgIpc) is 2.27. The molecule has 1 saturated heterocycles. The van der Waals surface area contributed by atoms with Crippen LogP contribution in [0.5, 0.6) is 0 Å². The maximum absolute atomic E-state index is 11.7. The highest BCUT2D eigenvalue weighted by Crippen LogP contribution is 2.21. The van der Waals surface area contributed by atoms with Crippen LogP contribution in [0.2, 0.25) is 0 Å². The van der Waals surface area contributed by atoms with E-state index in [0.717, 1.165) is 0 Å². The maximum Gasteiger partial charge on any atom is 0.389 e. The number of carbonyl (C=O) groups is 2. The third-order valence-electron chi connectivity index (χ3n) is 1.96. The van der Waals surface area contributed by atoms with Crippen LogP contribution in [0.25, 0.3) is 0 Å². The summed E-state index contributed by atoms with van der Waals surface area (Å²) in [5, 5.41) is 0. The van der Waals surface area contributed by atoms with Gasteiger partial charge >= 0.3 is 6.18 Å². The molecule has 80 valence electrons. The fourth-order valence-corrected chi connectivity index (χ4v) is 1.31. The Morgan fingerprint density at radius 1 is 1.29 bits per heavy atom. The van der Waals surface area contributed by atoms with Crippen LogP contribution in [-0.4, -0.2) is 35.9 Å². The van der Waals surface area contributed by atoms with Crippen LogP contribution >= 0.6 is 0 Å². The van der Waals surface area contributed by atoms with Crippen LogP contribution in [0.3, 0.4) is 0 Å². The van der Waals surface area contributed by atoms with E-state index >= 15 is 0 Å². The second-order valence-electron chi connectivity index (χ2n) is 3.25. The molecule has 1 heterocycles. The summed E-state index contributed by atoms with van der Waals surface area (Å²) in [5.74, 6) is -0.584. The van der Waals surface area contributed by atoms with Gasteiger partial charge in [0.05, 0.1) is 13.0 Å². The van der Waals surface area contributed by atoms with Gasteiger partial charge in [-0.05, 0) is 6.42 Å². The van der Waals surface area contributed by atoms with Crippen LogP contribution in [0, 0.1) is 0 Å². The summed E-state index contributed by atoms with van der Waals surface area (Å²) in [4.78, 5) is 22.9. The van der Waals surface area contributed by atoms with Crippen molar-refractivity contribution in [3.63, 3.8) is 0 Å². The van der Waals surface area contributed by atoms with Gasteiger partial charge in [0.25, 0.3) is 0 Å². The lowest BCUT2D eigenvalue weighted by Crippen LogP contribution is -2.27. The van der Waals surface area contributed by atoms with Gasteiger partial charge in [0, 0.05) is 13.0 Å². The second kappa shape index (κ2) is 3.98. The summed E-state index contributed by atoms with van der Waals surface area (Å²) in [7, 11) is 0. The molecule has 0 aliphatic carbocycles. The molecular formula is C8H10F3NO2. The summed E-state index contributed by atoms with van der Waals surface area (Å²) in [6.07, 6.45) is -5.40. The van der Waals surface area contributed by atoms with E-state index in [0.29, 0.717) is 0 Å². The number of amides is 1. The van der Waals surface area contributed by atoms with Gasteiger partial charge in [0.15, 0.2) is 5.78 Å². The Bertz CT molecular complexity index is 249. The van der Waals surface area contributed by atoms with E-state index in [2.05, 4.69) is 0 Å². The van der Waals surface area contributed by atoms with Crippen LogP contribution in [0.4, 0.5) is 13.2 Å². The molecule has 1 amide bonds. The average molecular weight is 209 g/mol. The Morgan fingerprint density at radius 3 is 2.36 bits per heavy atom. The Morgan fingerprint density at radius 2 is 1.93 bits per heavy atom. The number of carbonyl (C=O) groups excluding carboxylic acids is 2. The molecule has 0 saturated carbocycles. The zero-order valence-electron chi connectivity index (χ0n) is 7.43. The fourth-order valence-electron chi connectivity index (χ4n) is 1.31. The third kappa shape index (κ3) is 3.35. The molecule has 6 heteroatoms. The van der Waals surface area contributed by atoms with Crippen molar-refractivity contribution >= 4 is 11.7 Å². The molecule has 0 unspecified atom stereocenters. The van der Waals surface area contributed by atoms with Crippen molar-refractivity contribution in [2.24, 2.45) is 0 Å². The second-order valence-corrected chi connectivity index (χ2v) is 3.25. The number of ketones is 1. The van der Waals surface area contributed by atoms with Gasteiger partial charge < -0.3 is 4.90 Å². The van der Waals surface area contributed by atoms with Gasteiger partial charge in [-0.1, -0.05) is 0 Å². The molecule has 0 spiro atoms. The first-order valence-electron chi connectivity index (χ1n) is 4.25. The van der Waals surface area contributed by atoms with Gasteiger partial charge in [-0.25, -0.2) is 0 Å². The van der Waals surface area contributed by atoms with Crippen LogP contribution in [-0.2, 0) is 9.59 Å². The van der Waals surface area contributed by atoms with E-state index in [1.807, 2.05) is 0 Å². The van der Waals surface area contributed by atoms with Gasteiger partial charge in [-0.2, -0.15) is 13.2 Å². The molecular weight excluding hydrogens is 199 g/mol. The number of hydrogen-bond donors (Lipinski definition) is 0. The summed E-state index contributed by atoms with van der Waals surface area (Å²) in [6.45, 7) is -0.0131. The summed E-state index contributed by atoms with van der Waals surface area (Å²) >= 11 is 0. The monoisotopic (exact) mass is 209 g/mol. The highest BCUT2D eigenvalue weighted by molar-refractivity contribution is 6.05. The molecule has 3 nitrogen and oxygen atoms in total. The quantitative estimate of drug-likeness (QED) is 0.653. The predicted molar refractivity (Wildman–Crippen MR) is 41.5 cm³/mol. The smallest absolute Gasteiger partial charge is 0.335 e. The number of rotatable bonds is 3. The third-order valence-corrected chi connectivity index (χ3v) is 1.96. The Labute approximate surface area is 78.9 Å². The Hall–Kier alpha value is -1.07. The van der Waals surface area contributed by atoms with E-state index in [4.69, 9.17) is 0 Å². The Kier molecular flexibility index (Phi) is 3.13. The first-order chi connectivity index (χ1) is 6.38. The lowest BCUT2D eigenvalue weighted by molar-refractivity contribution is -0.139. The number of nitrogens with zero attached hydrogens (tertiary/aromatic N) is 1. The summed E-state index contributed by atoms with van der Waals surface area (Å²) < 4.78 is 35.2. The van der Waals surface area contributed by atoms with E-state index in [1.165, 1.54) is 4.90 Å². The molecule has 0 aromatic heterocycles. The topological polar surface area (TPSA) is 37.4 Å². The fraction of sp³-hybridized carbons (Fsp3) is 0.750. The molecule has 0 aromatic carbocycles. The summed E-state index contributed by atoms with van der Waals surface area (Å²) in [5.41, 5.74) is 0. The zero-order valence-corrected chi connectivity index (χ0v) is 7.43. The molecule has 0 bridgehead atoms. The molecule has 14 heavy (non-hydrogen) atoms. The van der Waals surface area contributed by atoms with Crippen molar-refractivity contribution in [2.75, 3.05) is 13.1 Å². The van der Waals surface area contributed by atoms with Gasteiger partial charge in [-0.15, -0.1) is 0 Å². The SMILES string of the molecule is O=C1CC(=O)N(CCCC(F)(F)F)C1. The largest absolute Gasteiger partial charge is 0.389 e. The molecule has 0 atom stereocenters. The number of Topliss-reactive ketones (excluding diaryl/α,β-unsaturated/α-hetero) is 1. The normalized spacial score (nSPS) is 18.1. The first-order valence-corrected chi connectivity index (χ1v) is 4.25. The molecule has 1 aliphatic rings. The van der Waals surface area contributed by atoms with Crippen molar-refractivity contribution in [3.8, 4) is 0 Å². The molecule has 1 aliphatic heterocycles. The van der Waals surface area contributed by atoms with Gasteiger partial charge in [0.2, 0.25) is 5.91 Å². The highest BCUT2D eigenvalue weighted by Gasteiger charge is 2.30. The van der Waals surface area contributed by atoms with Crippen molar-refractivity contribution in [1.82, 2.24) is 4.90 Å². The molecule has 1 rings (SSSR count). The first kappa shape index (κ1) is 11.0. The molecule has 0 aromatic rings. The predicted octanol–water partition coefficient (Wildman–Crippen LogP) is 1.13. The van der Waals surface area contributed by atoms with E-state index in [9.17, 15) is 22.8 Å². The molecule has 1 fully saturated rings. The lowest BCUT2D eigenvalue weighted by atomic mass is 10.3. The lowest BCUT2D eigenvalue weighted by Gasteiger charge is -2.14. The van der Waals surface area contributed by atoms with E-state index in [-0.39, 0.29) is 37.6 Å². The minimum Gasteiger partial charge on any atom is -0.335 e. The number of alkyl halides is 3. The molecule has 0 radical (unpaired) electrons. The van der Waals surface area contributed by atoms with E-state index < -0.39 is 12.6 Å². The minimum absolute atomic E-state index is 0.0179. The standard InChI is InChI=1S/C8H10F3NO2/c9-8(10,11)2-1-3-12-5-6(13)4-7(12)14/h1-5H2. The van der Waals surface area contributed by atoms with Crippen LogP contribution < -0.4 is 0 Å². The highest BCUT2D eigenvalue weighted by atomic mass is 19.4. The zero-order chi connectivity index (χ0) is 10.8. The van der Waals surface area contributed by atoms with Crippen molar-refractivity contribution in [1.29, 1.82) is 0 Å². The van der Waals surface area contributed by atoms with Crippen molar-refractivity contribution in [3.05, 3.63) is 0 Å². The number of likely N-dealkylation sites (tertiary alicyclic amines) is 1. The number of halogens is 3. The van der Waals surface area contributed by atoms with Crippen molar-refractivity contribution < 1.29 is 22.8 Å². The van der Waals surface area contributed by atoms with E-state index in [1.54, 1.807) is 0 Å². The van der Waals surface area contributed by atoms with Gasteiger partial charge in [0.1, 0.15) is 0 Å². The van der Waals surface area contributed by atoms with Gasteiger partial charge in [-0.3, -0.25) is 9.59 Å². The van der Waals surface area contributed by atoms with Crippen LogP contribution in [0.1, 0.15) is 19.3 Å². The van der Waals surface area contributed by atoms with Crippen LogP contribution in [0.15, 0.2) is 0 Å². The summed E-state index contributed by atoms with van der Waals surface area (Å²) in [6, 6.07) is 0. The van der Waals surface area contributed by atoms with Crippen molar-refractivity contribution in [2.45, 2.75) is 25.4 Å². The number of hydrogen-bond acceptors (Lipinski definition) is 2.